The molecule has 2 nitrogen and oxygen atoms in total. The van der Waals surface area contributed by atoms with Gasteiger partial charge in [0.15, 0.2) is 0 Å². The fourth-order valence-electron chi connectivity index (χ4n) is 2.75. The van der Waals surface area contributed by atoms with E-state index in [1.54, 1.807) is 6.20 Å². The number of alkyl halides is 2. The summed E-state index contributed by atoms with van der Waals surface area (Å²) in [4.78, 5) is 8.52. The number of aliphatic imine (C=N–C) groups is 1. The van der Waals surface area contributed by atoms with Gasteiger partial charge in [-0.15, -0.1) is 0 Å². The Kier molecular flexibility index (Phi) is 3.36. The molecule has 0 atom stereocenters. The van der Waals surface area contributed by atoms with Gasteiger partial charge in [0.1, 0.15) is 11.4 Å². The Morgan fingerprint density at radius 3 is 2.43 bits per heavy atom. The Bertz CT molecular complexity index is 823. The van der Waals surface area contributed by atoms with Crippen LogP contribution in [0.15, 0.2) is 35.5 Å². The highest BCUT2D eigenvalue weighted by atomic mass is 19.3. The lowest BCUT2D eigenvalue weighted by molar-refractivity contribution is -0.0710. The van der Waals surface area contributed by atoms with E-state index in [-0.39, 0.29) is 5.56 Å². The minimum absolute atomic E-state index is 0.124. The summed E-state index contributed by atoms with van der Waals surface area (Å²) in [5, 5.41) is 0. The van der Waals surface area contributed by atoms with Crippen molar-refractivity contribution >= 4 is 5.71 Å². The molecule has 1 aromatic heterocycles. The molecule has 0 spiro atoms. The predicted molar refractivity (Wildman–Crippen MR) is 83.7 cm³/mol. The molecule has 0 fully saturated rings. The number of nitrogens with zero attached hydrogens (tertiary/aromatic N) is 2. The van der Waals surface area contributed by atoms with Crippen LogP contribution in [0, 0.1) is 19.7 Å². The maximum atomic E-state index is 14.7. The van der Waals surface area contributed by atoms with Crippen molar-refractivity contribution in [2.24, 2.45) is 4.99 Å². The van der Waals surface area contributed by atoms with Gasteiger partial charge in [-0.3, -0.25) is 9.98 Å². The van der Waals surface area contributed by atoms with Crippen LogP contribution in [0.2, 0.25) is 0 Å². The monoisotopic (exact) mass is 318 g/mol. The summed E-state index contributed by atoms with van der Waals surface area (Å²) < 4.78 is 43.6. The highest BCUT2D eigenvalue weighted by Gasteiger charge is 2.54. The molecule has 0 unspecified atom stereocenters. The molecule has 0 aliphatic carbocycles. The lowest BCUT2D eigenvalue weighted by Gasteiger charge is -2.37. The lowest BCUT2D eigenvalue weighted by atomic mass is 9.81. The molecule has 2 heterocycles. The predicted octanol–water partition coefficient (Wildman–Crippen LogP) is 4.56. The third-order valence-corrected chi connectivity index (χ3v) is 4.36. The second-order valence-corrected chi connectivity index (χ2v) is 6.38. The first-order valence-corrected chi connectivity index (χ1v) is 7.36. The number of aryl methyl sites for hydroxylation is 2. The zero-order chi connectivity index (χ0) is 17.0. The van der Waals surface area contributed by atoms with Crippen LogP contribution in [0.1, 0.15) is 41.8 Å². The minimum atomic E-state index is -3.38. The van der Waals surface area contributed by atoms with Crippen molar-refractivity contribution in [1.82, 2.24) is 4.98 Å². The topological polar surface area (TPSA) is 25.2 Å². The van der Waals surface area contributed by atoms with Crippen molar-refractivity contribution in [1.29, 1.82) is 0 Å². The Morgan fingerprint density at radius 2 is 1.78 bits per heavy atom. The smallest absolute Gasteiger partial charge is 0.271 e. The van der Waals surface area contributed by atoms with Crippen LogP contribution in [0.3, 0.4) is 0 Å². The molecule has 1 aliphatic heterocycles. The molecule has 0 saturated heterocycles. The molecular weight excluding hydrogens is 301 g/mol. The molecule has 5 heteroatoms. The molecule has 1 aliphatic rings. The fourth-order valence-corrected chi connectivity index (χ4v) is 2.75. The zero-order valence-electron chi connectivity index (χ0n) is 13.4. The van der Waals surface area contributed by atoms with Gasteiger partial charge in [0.2, 0.25) is 0 Å². The van der Waals surface area contributed by atoms with Gasteiger partial charge in [-0.25, -0.2) is 4.39 Å². The molecule has 2 aromatic rings. The number of halogens is 3. The number of fused-ring (bicyclic) bond motifs is 1. The average Bonchev–Trinajstić information content (AvgIpc) is 2.46. The summed E-state index contributed by atoms with van der Waals surface area (Å²) in [7, 11) is 0. The van der Waals surface area contributed by atoms with Crippen molar-refractivity contribution in [3.63, 3.8) is 0 Å². The van der Waals surface area contributed by atoms with E-state index < -0.39 is 22.8 Å². The Morgan fingerprint density at radius 1 is 1.09 bits per heavy atom. The molecular formula is C18H17F3N2. The van der Waals surface area contributed by atoms with Gasteiger partial charge in [0.25, 0.3) is 0 Å². The third-order valence-electron chi connectivity index (χ3n) is 4.36. The van der Waals surface area contributed by atoms with E-state index in [1.165, 1.54) is 26.0 Å². The normalized spacial score (nSPS) is 18.3. The van der Waals surface area contributed by atoms with Gasteiger partial charge < -0.3 is 0 Å². The highest BCUT2D eigenvalue weighted by molar-refractivity contribution is 6.14. The van der Waals surface area contributed by atoms with Crippen LogP contribution in [0.4, 0.5) is 13.2 Å². The first kappa shape index (κ1) is 15.7. The van der Waals surface area contributed by atoms with Gasteiger partial charge in [-0.05, 0) is 45.4 Å². The van der Waals surface area contributed by atoms with Crippen LogP contribution in [0.25, 0.3) is 0 Å². The number of hydrogen-bond donors (Lipinski definition) is 0. The molecule has 0 N–H and O–H groups in total. The minimum Gasteiger partial charge on any atom is -0.271 e. The number of hydrogen-bond acceptors (Lipinski definition) is 2. The molecule has 3 rings (SSSR count). The molecule has 1 aromatic carbocycles. The molecule has 0 bridgehead atoms. The largest absolute Gasteiger partial charge is 0.300 e. The molecule has 0 saturated carbocycles. The second kappa shape index (κ2) is 4.91. The number of rotatable bonds is 1. The Hall–Kier alpha value is -2.17. The van der Waals surface area contributed by atoms with Crippen molar-refractivity contribution in [3.8, 4) is 0 Å². The quantitative estimate of drug-likeness (QED) is 0.757. The van der Waals surface area contributed by atoms with Crippen LogP contribution >= 0.6 is 0 Å². The van der Waals surface area contributed by atoms with Gasteiger partial charge in [-0.1, -0.05) is 12.1 Å². The van der Waals surface area contributed by atoms with Gasteiger partial charge >= 0.3 is 5.92 Å². The van der Waals surface area contributed by atoms with E-state index in [4.69, 9.17) is 0 Å². The van der Waals surface area contributed by atoms with Crippen LogP contribution in [-0.2, 0) is 5.92 Å². The fraction of sp³-hybridized carbons (Fsp3) is 0.333. The zero-order valence-corrected chi connectivity index (χ0v) is 13.4. The molecule has 0 amide bonds. The summed E-state index contributed by atoms with van der Waals surface area (Å²) in [5.41, 5.74) is 0.547. The Balaban J connectivity index is 2.32. The maximum absolute atomic E-state index is 14.7. The number of aromatic nitrogens is 1. The second-order valence-electron chi connectivity index (χ2n) is 6.38. The standard InChI is InChI=1S/C18H17F3N2/c1-10-8-12(9-22-11(10)2)16-13-6-5-7-14(19)15(13)18(20,21)17(3,4)23-16/h5-9H,1-4H3. The van der Waals surface area contributed by atoms with Crippen molar-refractivity contribution in [2.75, 3.05) is 0 Å². The summed E-state index contributed by atoms with van der Waals surface area (Å²) in [5.74, 6) is -4.30. The molecule has 23 heavy (non-hydrogen) atoms. The van der Waals surface area contributed by atoms with E-state index >= 15 is 0 Å². The van der Waals surface area contributed by atoms with Crippen molar-refractivity contribution in [3.05, 3.63) is 64.2 Å². The van der Waals surface area contributed by atoms with E-state index in [2.05, 4.69) is 9.98 Å². The third kappa shape index (κ3) is 2.26. The molecule has 0 radical (unpaired) electrons. The summed E-state index contributed by atoms with van der Waals surface area (Å²) >= 11 is 0. The van der Waals surface area contributed by atoms with E-state index in [9.17, 15) is 13.2 Å². The first-order chi connectivity index (χ1) is 10.6. The van der Waals surface area contributed by atoms with E-state index in [1.807, 2.05) is 19.9 Å². The van der Waals surface area contributed by atoms with Crippen LogP contribution in [0.5, 0.6) is 0 Å². The average molecular weight is 318 g/mol. The van der Waals surface area contributed by atoms with Crippen LogP contribution < -0.4 is 0 Å². The highest BCUT2D eigenvalue weighted by Crippen LogP contribution is 2.47. The SMILES string of the molecule is Cc1cc(C2=NC(C)(C)C(F)(F)c3c(F)cccc32)cnc1C. The van der Waals surface area contributed by atoms with Gasteiger partial charge in [0, 0.05) is 23.0 Å². The first-order valence-electron chi connectivity index (χ1n) is 7.36. The van der Waals surface area contributed by atoms with Crippen molar-refractivity contribution in [2.45, 2.75) is 39.2 Å². The summed E-state index contributed by atoms with van der Waals surface area (Å²) in [6.45, 7) is 6.39. The summed E-state index contributed by atoms with van der Waals surface area (Å²) in [6.07, 6.45) is 1.59. The van der Waals surface area contributed by atoms with E-state index in [0.29, 0.717) is 11.3 Å². The number of benzene rings is 1. The van der Waals surface area contributed by atoms with Crippen LogP contribution in [-0.4, -0.2) is 16.2 Å². The van der Waals surface area contributed by atoms with Gasteiger partial charge in [-0.2, -0.15) is 8.78 Å². The van der Waals surface area contributed by atoms with Crippen molar-refractivity contribution < 1.29 is 13.2 Å². The van der Waals surface area contributed by atoms with Gasteiger partial charge in [0.05, 0.1) is 11.3 Å². The Labute approximate surface area is 133 Å². The lowest BCUT2D eigenvalue weighted by Crippen LogP contribution is -2.44. The maximum Gasteiger partial charge on any atom is 0.300 e. The molecule has 120 valence electrons. The number of pyridine rings is 1. The summed E-state index contributed by atoms with van der Waals surface area (Å²) in [6, 6.07) is 5.81. The van der Waals surface area contributed by atoms with E-state index in [0.717, 1.165) is 17.3 Å².